The van der Waals surface area contributed by atoms with E-state index < -0.39 is 35.6 Å². The number of carbonyl (C=O) groups is 1. The number of hydrogen-bond acceptors (Lipinski definition) is 6. The maximum atomic E-state index is 14.2. The molecule has 0 fully saturated rings. The van der Waals surface area contributed by atoms with Gasteiger partial charge in [-0.3, -0.25) is 14.5 Å². The van der Waals surface area contributed by atoms with E-state index in [0.717, 1.165) is 11.0 Å². The molecule has 0 bridgehead atoms. The SMILES string of the molecule is Cn1cnnc1-c1cc(F)ccc1-c1cc(N2Cc3c(cc(COCCO)cc3C(F)(F)F)C2=O)[nH]c(=O)c1. The third-order valence-electron chi connectivity index (χ3n) is 6.28. The van der Waals surface area contributed by atoms with Crippen LogP contribution in [0.1, 0.15) is 27.0 Å². The Morgan fingerprint density at radius 3 is 2.56 bits per heavy atom. The number of benzene rings is 2. The molecule has 2 aromatic carbocycles. The lowest BCUT2D eigenvalue weighted by molar-refractivity contribution is -0.138. The molecule has 1 aliphatic rings. The van der Waals surface area contributed by atoms with Gasteiger partial charge in [0, 0.05) is 24.2 Å². The van der Waals surface area contributed by atoms with Crippen LogP contribution in [-0.2, 0) is 31.1 Å². The summed E-state index contributed by atoms with van der Waals surface area (Å²) in [6.07, 6.45) is -3.32. The summed E-state index contributed by atoms with van der Waals surface area (Å²) >= 11 is 0. The molecule has 0 aliphatic carbocycles. The van der Waals surface area contributed by atoms with Gasteiger partial charge in [0.2, 0.25) is 5.56 Å². The molecule has 0 saturated carbocycles. The normalized spacial score (nSPS) is 13.3. The zero-order valence-corrected chi connectivity index (χ0v) is 20.4. The van der Waals surface area contributed by atoms with E-state index in [4.69, 9.17) is 9.84 Å². The second kappa shape index (κ2) is 10.1. The van der Waals surface area contributed by atoms with Gasteiger partial charge in [0.05, 0.1) is 31.9 Å². The average Bonchev–Trinajstić information content (AvgIpc) is 3.45. The van der Waals surface area contributed by atoms with Crippen molar-refractivity contribution in [1.82, 2.24) is 19.7 Å². The number of alkyl halides is 3. The van der Waals surface area contributed by atoms with E-state index in [1.165, 1.54) is 42.7 Å². The average molecular weight is 543 g/mol. The fraction of sp³-hybridized carbons (Fsp3) is 0.231. The Kier molecular flexibility index (Phi) is 6.78. The lowest BCUT2D eigenvalue weighted by Crippen LogP contribution is -2.26. The second-order valence-corrected chi connectivity index (χ2v) is 8.91. The molecule has 0 saturated heterocycles. The standard InChI is InChI=1S/C26H21F4N5O4/c1-34-13-31-33-24(34)18-10-16(27)2-3-17(18)15-8-22(32-23(37)9-15)35-11-20-19(25(35)38)6-14(12-39-5-4-36)7-21(20)26(28,29)30/h2-3,6-10,13,36H,4-5,11-12H2,1H3,(H,32,37). The Hall–Kier alpha value is -4.36. The molecule has 0 unspecified atom stereocenters. The highest BCUT2D eigenvalue weighted by molar-refractivity contribution is 6.10. The molecule has 202 valence electrons. The van der Waals surface area contributed by atoms with Crippen LogP contribution in [0.2, 0.25) is 0 Å². The van der Waals surface area contributed by atoms with Gasteiger partial charge in [0.15, 0.2) is 5.82 Å². The summed E-state index contributed by atoms with van der Waals surface area (Å²) in [5.41, 5.74) is -0.853. The Labute approximate surface area is 218 Å². The minimum absolute atomic E-state index is 0.0295. The van der Waals surface area contributed by atoms with E-state index in [1.54, 1.807) is 11.6 Å². The number of hydrogen-bond donors (Lipinski definition) is 2. The van der Waals surface area contributed by atoms with Crippen molar-refractivity contribution in [2.24, 2.45) is 7.05 Å². The number of nitrogens with zero attached hydrogens (tertiary/aromatic N) is 4. The molecule has 5 rings (SSSR count). The number of aliphatic hydroxyl groups is 1. The van der Waals surface area contributed by atoms with Crippen molar-refractivity contribution < 1.29 is 32.2 Å². The quantitative estimate of drug-likeness (QED) is 0.272. The molecule has 0 spiro atoms. The minimum Gasteiger partial charge on any atom is -0.394 e. The topological polar surface area (TPSA) is 113 Å². The highest BCUT2D eigenvalue weighted by Gasteiger charge is 2.40. The number of aromatic nitrogens is 4. The van der Waals surface area contributed by atoms with Gasteiger partial charge in [-0.1, -0.05) is 6.07 Å². The van der Waals surface area contributed by atoms with E-state index in [9.17, 15) is 27.2 Å². The molecular formula is C26H21F4N5O4. The zero-order chi connectivity index (χ0) is 27.9. The van der Waals surface area contributed by atoms with Crippen molar-refractivity contribution in [3.63, 3.8) is 0 Å². The van der Waals surface area contributed by atoms with Crippen LogP contribution in [0.15, 0.2) is 53.6 Å². The molecule has 0 radical (unpaired) electrons. The van der Waals surface area contributed by atoms with Crippen LogP contribution < -0.4 is 10.5 Å². The molecule has 39 heavy (non-hydrogen) atoms. The van der Waals surface area contributed by atoms with Crippen molar-refractivity contribution in [1.29, 1.82) is 0 Å². The maximum absolute atomic E-state index is 14.2. The lowest BCUT2D eigenvalue weighted by atomic mass is 9.99. The van der Waals surface area contributed by atoms with Crippen molar-refractivity contribution in [3.05, 3.63) is 87.2 Å². The van der Waals surface area contributed by atoms with Crippen molar-refractivity contribution in [3.8, 4) is 22.5 Å². The first-order valence-corrected chi connectivity index (χ1v) is 11.7. The van der Waals surface area contributed by atoms with E-state index in [1.807, 2.05) is 0 Å². The summed E-state index contributed by atoms with van der Waals surface area (Å²) in [7, 11) is 1.66. The number of aryl methyl sites for hydroxylation is 1. The number of amides is 1. The van der Waals surface area contributed by atoms with Crippen molar-refractivity contribution >= 4 is 11.7 Å². The number of pyridine rings is 1. The molecular weight excluding hydrogens is 522 g/mol. The Morgan fingerprint density at radius 2 is 1.87 bits per heavy atom. The van der Waals surface area contributed by atoms with Crippen LogP contribution in [0.25, 0.3) is 22.5 Å². The van der Waals surface area contributed by atoms with Crippen LogP contribution in [0.5, 0.6) is 0 Å². The van der Waals surface area contributed by atoms with Gasteiger partial charge in [-0.25, -0.2) is 4.39 Å². The second-order valence-electron chi connectivity index (χ2n) is 8.91. The molecule has 0 atom stereocenters. The number of halogens is 4. The van der Waals surface area contributed by atoms with E-state index in [-0.39, 0.29) is 42.3 Å². The number of ether oxygens (including phenoxy) is 1. The summed E-state index contributed by atoms with van der Waals surface area (Å²) in [6, 6.07) is 8.78. The van der Waals surface area contributed by atoms with Crippen LogP contribution in [0, 0.1) is 5.82 Å². The van der Waals surface area contributed by atoms with E-state index in [2.05, 4.69) is 15.2 Å². The van der Waals surface area contributed by atoms with Crippen LogP contribution in [0.3, 0.4) is 0 Å². The smallest absolute Gasteiger partial charge is 0.394 e. The number of aromatic amines is 1. The van der Waals surface area contributed by atoms with E-state index >= 15 is 0 Å². The fourth-order valence-electron chi connectivity index (χ4n) is 4.56. The van der Waals surface area contributed by atoms with Gasteiger partial charge < -0.3 is 19.4 Å². The predicted molar refractivity (Wildman–Crippen MR) is 131 cm³/mol. The molecule has 9 nitrogen and oxygen atoms in total. The first kappa shape index (κ1) is 26.3. The fourth-order valence-corrected chi connectivity index (χ4v) is 4.56. The van der Waals surface area contributed by atoms with E-state index in [0.29, 0.717) is 22.5 Å². The molecule has 2 N–H and O–H groups in total. The van der Waals surface area contributed by atoms with Crippen molar-refractivity contribution in [2.75, 3.05) is 18.1 Å². The first-order chi connectivity index (χ1) is 18.6. The molecule has 4 aromatic rings. The molecule has 1 amide bonds. The lowest BCUT2D eigenvalue weighted by Gasteiger charge is -2.17. The zero-order valence-electron chi connectivity index (χ0n) is 20.4. The highest BCUT2D eigenvalue weighted by Crippen LogP contribution is 2.40. The number of nitrogens with one attached hydrogen (secondary N) is 1. The van der Waals surface area contributed by atoms with Crippen LogP contribution in [0.4, 0.5) is 23.4 Å². The van der Waals surface area contributed by atoms with Gasteiger partial charge >= 0.3 is 6.18 Å². The first-order valence-electron chi connectivity index (χ1n) is 11.7. The largest absolute Gasteiger partial charge is 0.416 e. The minimum atomic E-state index is -4.75. The summed E-state index contributed by atoms with van der Waals surface area (Å²) in [4.78, 5) is 29.6. The summed E-state index contributed by atoms with van der Waals surface area (Å²) in [6.45, 7) is -1.04. The summed E-state index contributed by atoms with van der Waals surface area (Å²) < 4.78 is 62.7. The summed E-state index contributed by atoms with van der Waals surface area (Å²) in [5, 5.41) is 16.7. The third-order valence-corrected chi connectivity index (χ3v) is 6.28. The number of anilines is 1. The molecule has 3 heterocycles. The predicted octanol–water partition coefficient (Wildman–Crippen LogP) is 3.66. The van der Waals surface area contributed by atoms with Gasteiger partial charge in [-0.15, -0.1) is 10.2 Å². The maximum Gasteiger partial charge on any atom is 0.416 e. The number of H-pyrrole nitrogens is 1. The molecule has 13 heteroatoms. The van der Waals surface area contributed by atoms with Gasteiger partial charge in [0.1, 0.15) is 18.0 Å². The summed E-state index contributed by atoms with van der Waals surface area (Å²) in [5.74, 6) is -0.995. The van der Waals surface area contributed by atoms with Gasteiger partial charge in [0.25, 0.3) is 5.91 Å². The highest BCUT2D eigenvalue weighted by atomic mass is 19.4. The molecule has 2 aromatic heterocycles. The Bertz CT molecular complexity index is 1630. The van der Waals surface area contributed by atoms with Gasteiger partial charge in [-0.05, 0) is 52.6 Å². The number of fused-ring (bicyclic) bond motifs is 1. The Balaban J connectivity index is 1.58. The third kappa shape index (κ3) is 5.05. The number of aliphatic hydroxyl groups excluding tert-OH is 1. The molecule has 1 aliphatic heterocycles. The van der Waals surface area contributed by atoms with Crippen LogP contribution >= 0.6 is 0 Å². The van der Waals surface area contributed by atoms with Gasteiger partial charge in [-0.2, -0.15) is 13.2 Å². The number of rotatable bonds is 7. The van der Waals surface area contributed by atoms with Crippen molar-refractivity contribution in [2.45, 2.75) is 19.3 Å². The number of carbonyl (C=O) groups excluding carboxylic acids is 1. The Morgan fingerprint density at radius 1 is 1.08 bits per heavy atom. The monoisotopic (exact) mass is 543 g/mol. The van der Waals surface area contributed by atoms with Crippen LogP contribution in [-0.4, -0.2) is 44.0 Å².